The summed E-state index contributed by atoms with van der Waals surface area (Å²) in [6.07, 6.45) is 3.71. The second-order valence-corrected chi connectivity index (χ2v) is 8.14. The summed E-state index contributed by atoms with van der Waals surface area (Å²) in [6.45, 7) is 4.91. The van der Waals surface area contributed by atoms with Crippen LogP contribution >= 0.6 is 0 Å². The zero-order valence-electron chi connectivity index (χ0n) is 18.6. The molecule has 32 heavy (non-hydrogen) atoms. The molecule has 1 N–H and O–H groups in total. The lowest BCUT2D eigenvalue weighted by Crippen LogP contribution is -2.59. The Kier molecular flexibility index (Phi) is 6.66. The summed E-state index contributed by atoms with van der Waals surface area (Å²) < 4.78 is 2.05. The molecule has 0 saturated carbocycles. The number of amides is 2. The number of imidazole rings is 1. The smallest absolute Gasteiger partial charge is 0.253 e. The summed E-state index contributed by atoms with van der Waals surface area (Å²) >= 11 is 0. The molecule has 0 bridgehead atoms. The van der Waals surface area contributed by atoms with Crippen molar-refractivity contribution in [2.45, 2.75) is 26.1 Å². The van der Waals surface area contributed by atoms with Crippen molar-refractivity contribution in [3.8, 4) is 0 Å². The van der Waals surface area contributed by atoms with Crippen LogP contribution in [0, 0.1) is 6.92 Å². The molecule has 1 saturated heterocycles. The maximum absolute atomic E-state index is 13.3. The minimum atomic E-state index is -0.380. The predicted molar refractivity (Wildman–Crippen MR) is 123 cm³/mol. The van der Waals surface area contributed by atoms with Crippen molar-refractivity contribution in [2.75, 3.05) is 26.7 Å². The number of carbonyl (C=O) groups is 2. The maximum atomic E-state index is 13.3. The number of aryl methyl sites for hydroxylation is 1. The van der Waals surface area contributed by atoms with Gasteiger partial charge in [0, 0.05) is 57.7 Å². The van der Waals surface area contributed by atoms with Crippen LogP contribution in [0.15, 0.2) is 67.0 Å². The second-order valence-electron chi connectivity index (χ2n) is 8.14. The zero-order chi connectivity index (χ0) is 22.5. The normalized spacial score (nSPS) is 16.7. The first kappa shape index (κ1) is 21.8. The highest BCUT2D eigenvalue weighted by Gasteiger charge is 2.34. The second kappa shape index (κ2) is 9.78. The minimum Gasteiger partial charge on any atom is -0.358 e. The number of nitrogens with zero attached hydrogens (tertiary/aromatic N) is 4. The molecule has 1 fully saturated rings. The van der Waals surface area contributed by atoms with Gasteiger partial charge in [0.15, 0.2) is 0 Å². The molecule has 0 aliphatic carbocycles. The number of rotatable bonds is 6. The van der Waals surface area contributed by atoms with Gasteiger partial charge in [0.1, 0.15) is 11.9 Å². The van der Waals surface area contributed by atoms with E-state index in [1.165, 1.54) is 0 Å². The third-order valence-corrected chi connectivity index (χ3v) is 6.01. The molecule has 1 aromatic heterocycles. The molecule has 7 nitrogen and oxygen atoms in total. The average molecular weight is 432 g/mol. The zero-order valence-corrected chi connectivity index (χ0v) is 18.6. The van der Waals surface area contributed by atoms with Crippen LogP contribution in [0.25, 0.3) is 0 Å². The van der Waals surface area contributed by atoms with Gasteiger partial charge in [-0.05, 0) is 30.2 Å². The topological polar surface area (TPSA) is 70.5 Å². The minimum absolute atomic E-state index is 0.0394. The highest BCUT2D eigenvalue weighted by atomic mass is 16.2. The molecular formula is C25H29N5O2. The van der Waals surface area contributed by atoms with Crippen LogP contribution in [-0.4, -0.2) is 63.9 Å². The van der Waals surface area contributed by atoms with Crippen molar-refractivity contribution < 1.29 is 9.59 Å². The molecule has 3 aromatic rings. The molecule has 2 amide bonds. The molecule has 1 aliphatic heterocycles. The third-order valence-electron chi connectivity index (χ3n) is 6.01. The Morgan fingerprint density at radius 2 is 1.81 bits per heavy atom. The number of aromatic nitrogens is 2. The number of hydrogen-bond acceptors (Lipinski definition) is 4. The average Bonchev–Trinajstić information content (AvgIpc) is 3.23. The summed E-state index contributed by atoms with van der Waals surface area (Å²) in [5.74, 6) is 0.829. The number of carbonyl (C=O) groups excluding carboxylic acids is 2. The lowest BCUT2D eigenvalue weighted by molar-refractivity contribution is -0.128. The van der Waals surface area contributed by atoms with Gasteiger partial charge in [0.25, 0.3) is 5.91 Å². The highest BCUT2D eigenvalue weighted by molar-refractivity contribution is 5.95. The molecule has 1 unspecified atom stereocenters. The van der Waals surface area contributed by atoms with Crippen molar-refractivity contribution >= 4 is 11.8 Å². The molecular weight excluding hydrogens is 402 g/mol. The standard InChI is InChI=1S/C25H29N5O2/c1-19-27-11-12-28(19)17-21-9-6-10-22(15-21)25(32)30-14-13-29(23(18-30)24(31)26-2)16-20-7-4-3-5-8-20/h3-12,15,23H,13-14,16-18H2,1-2H3,(H,26,31). The number of benzene rings is 2. The Hall–Kier alpha value is -3.45. The Bertz CT molecular complexity index is 1080. The number of likely N-dealkylation sites (N-methyl/N-ethyl adjacent to an activating group) is 1. The summed E-state index contributed by atoms with van der Waals surface area (Å²) in [5, 5.41) is 2.76. The van der Waals surface area contributed by atoms with E-state index in [0.717, 1.165) is 17.0 Å². The van der Waals surface area contributed by atoms with E-state index in [2.05, 4.69) is 27.3 Å². The van der Waals surface area contributed by atoms with E-state index >= 15 is 0 Å². The fourth-order valence-corrected chi connectivity index (χ4v) is 4.18. The number of piperazine rings is 1. The molecule has 0 spiro atoms. The van der Waals surface area contributed by atoms with E-state index in [4.69, 9.17) is 0 Å². The van der Waals surface area contributed by atoms with E-state index < -0.39 is 0 Å². The van der Waals surface area contributed by atoms with Crippen LogP contribution in [0.1, 0.15) is 27.3 Å². The number of hydrogen-bond donors (Lipinski definition) is 1. The summed E-state index contributed by atoms with van der Waals surface area (Å²) in [6, 6.07) is 17.4. The molecule has 166 valence electrons. The summed E-state index contributed by atoms with van der Waals surface area (Å²) in [4.78, 5) is 34.1. The van der Waals surface area contributed by atoms with Crippen LogP contribution in [-0.2, 0) is 17.9 Å². The summed E-state index contributed by atoms with van der Waals surface area (Å²) in [7, 11) is 1.64. The van der Waals surface area contributed by atoms with E-state index in [9.17, 15) is 9.59 Å². The van der Waals surface area contributed by atoms with Crippen LogP contribution in [0.3, 0.4) is 0 Å². The lowest BCUT2D eigenvalue weighted by atomic mass is 10.1. The van der Waals surface area contributed by atoms with Crippen LogP contribution in [0.4, 0.5) is 0 Å². The van der Waals surface area contributed by atoms with Gasteiger partial charge in [0.2, 0.25) is 5.91 Å². The Balaban J connectivity index is 1.48. The highest BCUT2D eigenvalue weighted by Crippen LogP contribution is 2.18. The van der Waals surface area contributed by atoms with Gasteiger partial charge >= 0.3 is 0 Å². The first-order chi connectivity index (χ1) is 15.5. The Morgan fingerprint density at radius 1 is 1.03 bits per heavy atom. The monoisotopic (exact) mass is 431 g/mol. The fraction of sp³-hybridized carbons (Fsp3) is 0.320. The third kappa shape index (κ3) is 4.89. The first-order valence-corrected chi connectivity index (χ1v) is 10.9. The first-order valence-electron chi connectivity index (χ1n) is 10.9. The summed E-state index contributed by atoms with van der Waals surface area (Å²) in [5.41, 5.74) is 2.85. The van der Waals surface area contributed by atoms with Crippen LogP contribution in [0.2, 0.25) is 0 Å². The van der Waals surface area contributed by atoms with Gasteiger partial charge in [-0.1, -0.05) is 42.5 Å². The van der Waals surface area contributed by atoms with Crippen molar-refractivity contribution in [3.05, 3.63) is 89.5 Å². The molecule has 7 heteroatoms. The molecule has 4 rings (SSSR count). The maximum Gasteiger partial charge on any atom is 0.253 e. The van der Waals surface area contributed by atoms with Gasteiger partial charge in [-0.3, -0.25) is 14.5 Å². The molecule has 2 heterocycles. The lowest BCUT2D eigenvalue weighted by Gasteiger charge is -2.40. The van der Waals surface area contributed by atoms with Gasteiger partial charge in [0.05, 0.1) is 0 Å². The van der Waals surface area contributed by atoms with E-state index in [1.54, 1.807) is 18.1 Å². The van der Waals surface area contributed by atoms with E-state index in [-0.39, 0.29) is 17.9 Å². The van der Waals surface area contributed by atoms with Crippen molar-refractivity contribution in [2.24, 2.45) is 0 Å². The molecule has 1 atom stereocenters. The van der Waals surface area contributed by atoms with Gasteiger partial charge < -0.3 is 14.8 Å². The van der Waals surface area contributed by atoms with Crippen molar-refractivity contribution in [3.63, 3.8) is 0 Å². The SMILES string of the molecule is CNC(=O)C1CN(C(=O)c2cccc(Cn3ccnc3C)c2)CCN1Cc1ccccc1. The fourth-order valence-electron chi connectivity index (χ4n) is 4.18. The largest absolute Gasteiger partial charge is 0.358 e. The Morgan fingerprint density at radius 3 is 2.53 bits per heavy atom. The Labute approximate surface area is 188 Å². The van der Waals surface area contributed by atoms with Crippen molar-refractivity contribution in [1.82, 2.24) is 24.7 Å². The molecule has 0 radical (unpaired) electrons. The molecule has 2 aromatic carbocycles. The van der Waals surface area contributed by atoms with Gasteiger partial charge in [-0.25, -0.2) is 4.98 Å². The van der Waals surface area contributed by atoms with E-state index in [0.29, 0.717) is 38.3 Å². The quantitative estimate of drug-likeness (QED) is 0.650. The van der Waals surface area contributed by atoms with Crippen LogP contribution < -0.4 is 5.32 Å². The molecule has 1 aliphatic rings. The van der Waals surface area contributed by atoms with Gasteiger partial charge in [-0.15, -0.1) is 0 Å². The predicted octanol–water partition coefficient (Wildman–Crippen LogP) is 2.31. The van der Waals surface area contributed by atoms with Gasteiger partial charge in [-0.2, -0.15) is 0 Å². The van der Waals surface area contributed by atoms with Crippen LogP contribution in [0.5, 0.6) is 0 Å². The van der Waals surface area contributed by atoms with Crippen molar-refractivity contribution in [1.29, 1.82) is 0 Å². The van der Waals surface area contributed by atoms with E-state index in [1.807, 2.05) is 60.2 Å². The number of nitrogens with one attached hydrogen (secondary N) is 1.